The largest absolute Gasteiger partial charge is 0.497 e. The molecule has 34 heavy (non-hydrogen) atoms. The summed E-state index contributed by atoms with van der Waals surface area (Å²) in [6, 6.07) is 15.2. The fraction of sp³-hybridized carbons (Fsp3) is 0.167. The molecule has 1 N–H and O–H groups in total. The number of ether oxygens (including phenoxy) is 2. The van der Waals surface area contributed by atoms with E-state index >= 15 is 0 Å². The number of halogens is 3. The smallest absolute Gasteiger partial charge is 0.416 e. The van der Waals surface area contributed by atoms with Gasteiger partial charge in [-0.1, -0.05) is 12.1 Å². The third kappa shape index (κ3) is 5.77. The fourth-order valence-corrected chi connectivity index (χ4v) is 3.14. The van der Waals surface area contributed by atoms with Gasteiger partial charge in [0.05, 0.1) is 31.1 Å². The Morgan fingerprint density at radius 1 is 1.09 bits per heavy atom. The predicted molar refractivity (Wildman–Crippen MR) is 117 cm³/mol. The van der Waals surface area contributed by atoms with E-state index in [1.165, 1.54) is 29.2 Å². The van der Waals surface area contributed by atoms with Crippen molar-refractivity contribution in [3.63, 3.8) is 0 Å². The van der Waals surface area contributed by atoms with Crippen LogP contribution in [0.4, 0.5) is 18.9 Å². The molecule has 0 saturated heterocycles. The minimum atomic E-state index is -4.42. The molecule has 0 spiro atoms. The van der Waals surface area contributed by atoms with E-state index in [9.17, 15) is 18.0 Å². The summed E-state index contributed by atoms with van der Waals surface area (Å²) in [6.07, 6.45) is -1.49. The fourth-order valence-electron chi connectivity index (χ4n) is 3.14. The first kappa shape index (κ1) is 23.0. The predicted octanol–water partition coefficient (Wildman–Crippen LogP) is 5.38. The zero-order chi connectivity index (χ0) is 24.1. The molecule has 2 aromatic heterocycles. The van der Waals surface area contributed by atoms with E-state index in [1.807, 2.05) is 0 Å². The number of rotatable bonds is 8. The number of hydrogen-bond acceptors (Lipinski definition) is 5. The lowest BCUT2D eigenvalue weighted by Gasteiger charge is -2.08. The highest BCUT2D eigenvalue weighted by Crippen LogP contribution is 2.29. The molecule has 0 aliphatic heterocycles. The van der Waals surface area contributed by atoms with Crippen LogP contribution in [-0.4, -0.2) is 22.8 Å². The van der Waals surface area contributed by atoms with Crippen molar-refractivity contribution in [1.82, 2.24) is 9.78 Å². The van der Waals surface area contributed by atoms with Gasteiger partial charge in [-0.25, -0.2) is 0 Å². The summed E-state index contributed by atoms with van der Waals surface area (Å²) in [5.41, 5.74) is 0.0861. The summed E-state index contributed by atoms with van der Waals surface area (Å²) in [6.45, 7) is 0.252. The molecule has 0 aliphatic carbocycles. The number of hydrogen-bond donors (Lipinski definition) is 1. The average molecular weight is 471 g/mol. The number of aromatic nitrogens is 2. The highest BCUT2D eigenvalue weighted by atomic mass is 19.4. The van der Waals surface area contributed by atoms with Gasteiger partial charge >= 0.3 is 6.18 Å². The molecular formula is C24H20F3N3O4. The number of methoxy groups -OCH3 is 1. The minimum absolute atomic E-state index is 0.0824. The van der Waals surface area contributed by atoms with E-state index in [4.69, 9.17) is 13.9 Å². The van der Waals surface area contributed by atoms with Gasteiger partial charge in [-0.2, -0.15) is 18.3 Å². The third-order valence-electron chi connectivity index (χ3n) is 4.82. The third-order valence-corrected chi connectivity index (χ3v) is 4.82. The van der Waals surface area contributed by atoms with Crippen LogP contribution in [-0.2, 0) is 19.3 Å². The van der Waals surface area contributed by atoms with Gasteiger partial charge in [-0.15, -0.1) is 0 Å². The Balaban J connectivity index is 1.33. The number of nitrogens with one attached hydrogen (secondary N) is 1. The Kier molecular flexibility index (Phi) is 6.58. The molecule has 4 aromatic rings. The van der Waals surface area contributed by atoms with Crippen LogP contribution in [0.25, 0.3) is 0 Å². The van der Waals surface area contributed by atoms with Gasteiger partial charge in [0.15, 0.2) is 5.76 Å². The SMILES string of the molecule is COc1ccc(OCc2ccc(C(=O)Nc3cnn(Cc4cccc(C(F)(F)F)c4)c3)o2)cc1. The quantitative estimate of drug-likeness (QED) is 0.373. The number of nitrogens with zero attached hydrogens (tertiary/aromatic N) is 2. The van der Waals surface area contributed by atoms with E-state index in [0.717, 1.165) is 12.1 Å². The molecule has 0 bridgehead atoms. The Morgan fingerprint density at radius 2 is 1.85 bits per heavy atom. The van der Waals surface area contributed by atoms with E-state index in [1.54, 1.807) is 43.5 Å². The van der Waals surface area contributed by atoms with Crippen molar-refractivity contribution in [3.05, 3.63) is 95.7 Å². The first-order valence-electron chi connectivity index (χ1n) is 10.2. The monoisotopic (exact) mass is 471 g/mol. The number of amides is 1. The molecule has 0 fully saturated rings. The highest BCUT2D eigenvalue weighted by molar-refractivity contribution is 6.02. The molecule has 176 valence electrons. The van der Waals surface area contributed by atoms with Gasteiger partial charge in [0.1, 0.15) is 23.9 Å². The highest BCUT2D eigenvalue weighted by Gasteiger charge is 2.30. The molecular weight excluding hydrogens is 451 g/mol. The zero-order valence-corrected chi connectivity index (χ0v) is 18.0. The van der Waals surface area contributed by atoms with Crippen LogP contribution in [0.1, 0.15) is 27.4 Å². The van der Waals surface area contributed by atoms with Crippen LogP contribution >= 0.6 is 0 Å². The maximum atomic E-state index is 12.9. The number of benzene rings is 2. The van der Waals surface area contributed by atoms with Gasteiger partial charge in [-0.3, -0.25) is 9.48 Å². The molecule has 2 heterocycles. The Morgan fingerprint density at radius 3 is 2.59 bits per heavy atom. The molecule has 0 saturated carbocycles. The van der Waals surface area contributed by atoms with Gasteiger partial charge in [0, 0.05) is 6.20 Å². The van der Waals surface area contributed by atoms with Crippen molar-refractivity contribution in [2.75, 3.05) is 12.4 Å². The second-order valence-corrected chi connectivity index (χ2v) is 7.31. The van der Waals surface area contributed by atoms with Crippen LogP contribution in [0.5, 0.6) is 11.5 Å². The molecule has 4 rings (SSSR count). The molecule has 0 unspecified atom stereocenters. The average Bonchev–Trinajstić information content (AvgIpc) is 3.47. The Hall–Kier alpha value is -4.21. The number of carbonyl (C=O) groups is 1. The van der Waals surface area contributed by atoms with Crippen molar-refractivity contribution >= 4 is 11.6 Å². The van der Waals surface area contributed by atoms with Crippen LogP contribution in [0.3, 0.4) is 0 Å². The maximum absolute atomic E-state index is 12.9. The molecule has 1 amide bonds. The number of furan rings is 1. The first-order chi connectivity index (χ1) is 16.3. The van der Waals surface area contributed by atoms with Crippen LogP contribution in [0, 0.1) is 0 Å². The maximum Gasteiger partial charge on any atom is 0.416 e. The van der Waals surface area contributed by atoms with Crippen molar-refractivity contribution in [3.8, 4) is 11.5 Å². The summed E-state index contributed by atoms with van der Waals surface area (Å²) in [7, 11) is 1.58. The molecule has 0 radical (unpaired) electrons. The van der Waals surface area contributed by atoms with Crippen LogP contribution < -0.4 is 14.8 Å². The van der Waals surface area contributed by atoms with Crippen molar-refractivity contribution < 1.29 is 31.9 Å². The van der Waals surface area contributed by atoms with Crippen molar-refractivity contribution in [2.24, 2.45) is 0 Å². The van der Waals surface area contributed by atoms with E-state index < -0.39 is 17.6 Å². The normalized spacial score (nSPS) is 11.3. The number of alkyl halides is 3. The lowest BCUT2D eigenvalue weighted by atomic mass is 10.1. The lowest BCUT2D eigenvalue weighted by molar-refractivity contribution is -0.137. The molecule has 0 aliphatic rings. The van der Waals surface area contributed by atoms with Crippen molar-refractivity contribution in [2.45, 2.75) is 19.3 Å². The molecule has 7 nitrogen and oxygen atoms in total. The van der Waals surface area contributed by atoms with Gasteiger partial charge in [0.25, 0.3) is 5.91 Å². The van der Waals surface area contributed by atoms with Gasteiger partial charge in [0.2, 0.25) is 0 Å². The second kappa shape index (κ2) is 9.74. The summed E-state index contributed by atoms with van der Waals surface area (Å²) < 4.78 is 56.4. The second-order valence-electron chi connectivity index (χ2n) is 7.31. The molecule has 10 heteroatoms. The minimum Gasteiger partial charge on any atom is -0.497 e. The van der Waals surface area contributed by atoms with E-state index in [-0.39, 0.29) is 18.9 Å². The summed E-state index contributed by atoms with van der Waals surface area (Å²) in [5.74, 6) is 1.38. The van der Waals surface area contributed by atoms with Crippen LogP contribution in [0.2, 0.25) is 0 Å². The summed E-state index contributed by atoms with van der Waals surface area (Å²) >= 11 is 0. The number of carbonyl (C=O) groups excluding carboxylic acids is 1. The van der Waals surface area contributed by atoms with E-state index in [0.29, 0.717) is 28.5 Å². The summed E-state index contributed by atoms with van der Waals surface area (Å²) in [4.78, 5) is 12.5. The summed E-state index contributed by atoms with van der Waals surface area (Å²) in [5, 5.41) is 6.74. The Bertz CT molecular complexity index is 1260. The van der Waals surface area contributed by atoms with Gasteiger partial charge < -0.3 is 19.2 Å². The zero-order valence-electron chi connectivity index (χ0n) is 18.0. The lowest BCUT2D eigenvalue weighted by Crippen LogP contribution is -2.10. The first-order valence-corrected chi connectivity index (χ1v) is 10.2. The Labute approximate surface area is 192 Å². The van der Waals surface area contributed by atoms with E-state index in [2.05, 4.69) is 10.4 Å². The molecule has 2 aromatic carbocycles. The van der Waals surface area contributed by atoms with Gasteiger partial charge in [-0.05, 0) is 54.1 Å². The standard InChI is InChI=1S/C24H20F3N3O4/c1-32-19-5-7-20(8-6-19)33-15-21-9-10-22(34-21)23(31)29-18-12-28-30(14-18)13-16-3-2-4-17(11-16)24(25,26)27/h2-12,14H,13,15H2,1H3,(H,29,31). The molecule has 0 atom stereocenters. The number of anilines is 1. The van der Waals surface area contributed by atoms with Crippen LogP contribution in [0.15, 0.2) is 77.5 Å². The topological polar surface area (TPSA) is 78.5 Å². The van der Waals surface area contributed by atoms with Crippen molar-refractivity contribution in [1.29, 1.82) is 0 Å².